The van der Waals surface area contributed by atoms with Crippen molar-refractivity contribution in [2.24, 2.45) is 0 Å². The minimum atomic E-state index is -4.42. The van der Waals surface area contributed by atoms with Crippen LogP contribution in [0.1, 0.15) is 17.0 Å². The van der Waals surface area contributed by atoms with E-state index >= 15 is 0 Å². The fraction of sp³-hybridized carbons (Fsp3) is 0.400. The van der Waals surface area contributed by atoms with E-state index in [0.29, 0.717) is 23.8 Å². The van der Waals surface area contributed by atoms with Crippen LogP contribution in [0.4, 0.5) is 13.2 Å². The fourth-order valence-corrected chi connectivity index (χ4v) is 2.67. The van der Waals surface area contributed by atoms with Gasteiger partial charge in [-0.25, -0.2) is 9.67 Å². The van der Waals surface area contributed by atoms with Crippen LogP contribution in [0.2, 0.25) is 0 Å². The third-order valence-corrected chi connectivity index (χ3v) is 3.55. The zero-order valence-corrected chi connectivity index (χ0v) is 9.98. The summed E-state index contributed by atoms with van der Waals surface area (Å²) in [5.74, 6) is 0. The lowest BCUT2D eigenvalue weighted by molar-refractivity contribution is -0.142. The molecule has 0 bridgehead atoms. The van der Waals surface area contributed by atoms with E-state index in [4.69, 9.17) is 0 Å². The van der Waals surface area contributed by atoms with Gasteiger partial charge in [-0.15, -0.1) is 11.3 Å². The molecule has 2 aromatic heterocycles. The van der Waals surface area contributed by atoms with Gasteiger partial charge in [0, 0.05) is 36.7 Å². The van der Waals surface area contributed by atoms with Crippen LogP contribution in [0.25, 0.3) is 5.13 Å². The summed E-state index contributed by atoms with van der Waals surface area (Å²) in [6, 6.07) is 0. The molecule has 18 heavy (non-hydrogen) atoms. The normalized spacial score (nSPS) is 15.7. The summed E-state index contributed by atoms with van der Waals surface area (Å²) >= 11 is 1.27. The molecule has 0 spiro atoms. The maximum atomic E-state index is 12.9. The van der Waals surface area contributed by atoms with Crippen LogP contribution in [0.15, 0.2) is 11.6 Å². The van der Waals surface area contributed by atoms with Crippen LogP contribution in [0.3, 0.4) is 0 Å². The van der Waals surface area contributed by atoms with E-state index in [0.717, 1.165) is 0 Å². The summed E-state index contributed by atoms with van der Waals surface area (Å²) in [4.78, 5) is 4.02. The quantitative estimate of drug-likeness (QED) is 0.865. The average Bonchev–Trinajstić information content (AvgIpc) is 2.94. The van der Waals surface area contributed by atoms with Crippen molar-refractivity contribution in [2.75, 3.05) is 6.54 Å². The van der Waals surface area contributed by atoms with E-state index in [2.05, 4.69) is 15.4 Å². The minimum absolute atomic E-state index is 0.204. The summed E-state index contributed by atoms with van der Waals surface area (Å²) in [6.45, 7) is 0.858. The second-order valence-corrected chi connectivity index (χ2v) is 4.80. The van der Waals surface area contributed by atoms with Gasteiger partial charge in [0.2, 0.25) is 5.13 Å². The van der Waals surface area contributed by atoms with Crippen molar-refractivity contribution in [1.82, 2.24) is 20.1 Å². The minimum Gasteiger partial charge on any atom is -0.312 e. The molecule has 0 saturated heterocycles. The number of nitrogens with zero attached hydrogens (tertiary/aromatic N) is 3. The van der Waals surface area contributed by atoms with Crippen molar-refractivity contribution in [3.05, 3.63) is 28.5 Å². The molecule has 96 valence electrons. The monoisotopic (exact) mass is 274 g/mol. The molecule has 1 aliphatic rings. The zero-order valence-electron chi connectivity index (χ0n) is 9.16. The molecule has 0 unspecified atom stereocenters. The molecule has 4 nitrogen and oxygen atoms in total. The van der Waals surface area contributed by atoms with Crippen LogP contribution in [0, 0.1) is 0 Å². The summed E-state index contributed by atoms with van der Waals surface area (Å²) in [7, 11) is 0. The second kappa shape index (κ2) is 4.06. The maximum Gasteiger partial charge on any atom is 0.435 e. The fourth-order valence-electron chi connectivity index (χ4n) is 2.05. The molecule has 2 aromatic rings. The molecule has 0 aromatic carbocycles. The number of hydrogen-bond donors (Lipinski definition) is 1. The molecule has 8 heteroatoms. The van der Waals surface area contributed by atoms with Gasteiger partial charge >= 0.3 is 6.18 Å². The summed E-state index contributed by atoms with van der Waals surface area (Å²) < 4.78 is 40.1. The SMILES string of the molecule is FC(F)(F)c1nn(-c2nccs2)c2c1CNCC2. The highest BCUT2D eigenvalue weighted by Gasteiger charge is 2.40. The van der Waals surface area contributed by atoms with Gasteiger partial charge in [0.25, 0.3) is 0 Å². The van der Waals surface area contributed by atoms with Crippen LogP contribution >= 0.6 is 11.3 Å². The Morgan fingerprint density at radius 1 is 1.39 bits per heavy atom. The standard InChI is InChI=1S/C10H9F3N4S/c11-10(12,13)8-6-5-14-2-1-7(6)17(16-8)9-15-3-4-18-9/h3-4,14H,1-2,5H2. The van der Waals surface area contributed by atoms with Gasteiger partial charge in [-0.3, -0.25) is 0 Å². The molecule has 0 aliphatic carbocycles. The van der Waals surface area contributed by atoms with Crippen molar-refractivity contribution in [3.8, 4) is 5.13 Å². The van der Waals surface area contributed by atoms with Crippen LogP contribution < -0.4 is 5.32 Å². The molecule has 0 radical (unpaired) electrons. The average molecular weight is 274 g/mol. The van der Waals surface area contributed by atoms with Crippen LogP contribution in [-0.4, -0.2) is 21.3 Å². The van der Waals surface area contributed by atoms with E-state index in [1.165, 1.54) is 16.0 Å². The van der Waals surface area contributed by atoms with Crippen molar-refractivity contribution in [2.45, 2.75) is 19.1 Å². The Kier molecular flexibility index (Phi) is 2.63. The smallest absolute Gasteiger partial charge is 0.312 e. The first-order chi connectivity index (χ1) is 8.57. The predicted octanol–water partition coefficient (Wildman–Crippen LogP) is 1.99. The highest BCUT2D eigenvalue weighted by atomic mass is 32.1. The van der Waals surface area contributed by atoms with Gasteiger partial charge in [0.1, 0.15) is 0 Å². The second-order valence-electron chi connectivity index (χ2n) is 3.92. The molecule has 0 fully saturated rings. The van der Waals surface area contributed by atoms with E-state index in [-0.39, 0.29) is 12.1 Å². The predicted molar refractivity (Wildman–Crippen MR) is 59.6 cm³/mol. The van der Waals surface area contributed by atoms with Crippen LogP contribution in [0.5, 0.6) is 0 Å². The van der Waals surface area contributed by atoms with Gasteiger partial charge in [-0.05, 0) is 0 Å². The molecule has 3 rings (SSSR count). The largest absolute Gasteiger partial charge is 0.435 e. The first-order valence-electron chi connectivity index (χ1n) is 5.36. The number of thiazole rings is 1. The van der Waals surface area contributed by atoms with Gasteiger partial charge in [-0.2, -0.15) is 18.3 Å². The Hall–Kier alpha value is -1.41. The van der Waals surface area contributed by atoms with Gasteiger partial charge < -0.3 is 5.32 Å². The van der Waals surface area contributed by atoms with Gasteiger partial charge in [-0.1, -0.05) is 0 Å². The Bertz CT molecular complexity index is 558. The van der Waals surface area contributed by atoms with E-state index in [1.807, 2.05) is 0 Å². The van der Waals surface area contributed by atoms with E-state index < -0.39 is 11.9 Å². The van der Waals surface area contributed by atoms with Crippen molar-refractivity contribution < 1.29 is 13.2 Å². The van der Waals surface area contributed by atoms with Gasteiger partial charge in [0.05, 0.1) is 5.69 Å². The summed E-state index contributed by atoms with van der Waals surface area (Å²) in [6.07, 6.45) is -2.34. The van der Waals surface area contributed by atoms with Gasteiger partial charge in [0.15, 0.2) is 5.69 Å². The molecule has 1 N–H and O–H groups in total. The topological polar surface area (TPSA) is 42.7 Å². The lowest BCUT2D eigenvalue weighted by Gasteiger charge is -2.15. The Morgan fingerprint density at radius 2 is 2.22 bits per heavy atom. The molecule has 1 aliphatic heterocycles. The Morgan fingerprint density at radius 3 is 2.89 bits per heavy atom. The third-order valence-electron chi connectivity index (χ3n) is 2.80. The molecular weight excluding hydrogens is 265 g/mol. The van der Waals surface area contributed by atoms with E-state index in [9.17, 15) is 13.2 Å². The summed E-state index contributed by atoms with van der Waals surface area (Å²) in [5, 5.41) is 8.84. The number of aromatic nitrogens is 3. The number of alkyl halides is 3. The lowest BCUT2D eigenvalue weighted by atomic mass is 10.1. The number of halogens is 3. The Balaban J connectivity index is 2.19. The number of fused-ring (bicyclic) bond motifs is 1. The highest BCUT2D eigenvalue weighted by molar-refractivity contribution is 7.12. The first kappa shape index (κ1) is 11.7. The zero-order chi connectivity index (χ0) is 12.8. The molecule has 3 heterocycles. The van der Waals surface area contributed by atoms with Crippen molar-refractivity contribution in [1.29, 1.82) is 0 Å². The molecule has 0 amide bonds. The Labute approximate surface area is 104 Å². The number of nitrogens with one attached hydrogen (secondary N) is 1. The lowest BCUT2D eigenvalue weighted by Crippen LogP contribution is -2.25. The van der Waals surface area contributed by atoms with Crippen molar-refractivity contribution in [3.63, 3.8) is 0 Å². The highest BCUT2D eigenvalue weighted by Crippen LogP contribution is 2.34. The molecule has 0 saturated carbocycles. The van der Waals surface area contributed by atoms with Crippen LogP contribution in [-0.2, 0) is 19.1 Å². The van der Waals surface area contributed by atoms with E-state index in [1.54, 1.807) is 11.6 Å². The molecule has 0 atom stereocenters. The van der Waals surface area contributed by atoms with Crippen molar-refractivity contribution >= 4 is 11.3 Å². The number of rotatable bonds is 1. The number of hydrogen-bond acceptors (Lipinski definition) is 4. The maximum absolute atomic E-state index is 12.9. The molecular formula is C10H9F3N4S. The summed E-state index contributed by atoms with van der Waals surface area (Å²) in [5.41, 5.74) is 0.0416. The third kappa shape index (κ3) is 1.81. The first-order valence-corrected chi connectivity index (χ1v) is 6.24.